The maximum absolute atomic E-state index is 14.5. The molecule has 0 unspecified atom stereocenters. The van der Waals surface area contributed by atoms with Crippen LogP contribution in [0.4, 0.5) is 14.7 Å². The standard InChI is InChI=1S/C24H22F2N4O2/c1-14-8-9-30(13-14)24-28-22(16-4-5-17(12-27)18(25)11-16)21(23(31)29(24)2)15-6-7-20(32-3)19(26)10-15/h4-7,10-11,14H,8-9,13H2,1-3H3/t14-/m1/s1. The van der Waals surface area contributed by atoms with E-state index in [0.29, 0.717) is 23.0 Å². The number of rotatable bonds is 4. The first-order valence-corrected chi connectivity index (χ1v) is 10.2. The summed E-state index contributed by atoms with van der Waals surface area (Å²) in [6, 6.07) is 10.1. The molecule has 1 fully saturated rings. The van der Waals surface area contributed by atoms with Gasteiger partial charge in [0.05, 0.1) is 23.9 Å². The molecule has 164 valence electrons. The summed E-state index contributed by atoms with van der Waals surface area (Å²) >= 11 is 0. The monoisotopic (exact) mass is 436 g/mol. The van der Waals surface area contributed by atoms with Crippen LogP contribution in [-0.2, 0) is 7.05 Å². The molecule has 0 saturated carbocycles. The molecular formula is C24H22F2N4O2. The maximum atomic E-state index is 14.5. The normalized spacial score (nSPS) is 15.6. The maximum Gasteiger partial charge on any atom is 0.263 e. The van der Waals surface area contributed by atoms with Crippen LogP contribution in [0.2, 0.25) is 0 Å². The molecule has 0 N–H and O–H groups in total. The van der Waals surface area contributed by atoms with Crippen LogP contribution in [0.5, 0.6) is 5.75 Å². The summed E-state index contributed by atoms with van der Waals surface area (Å²) in [7, 11) is 2.98. The predicted octanol–water partition coefficient (Wildman–Crippen LogP) is 4.12. The van der Waals surface area contributed by atoms with Crippen LogP contribution < -0.4 is 15.2 Å². The minimum absolute atomic E-state index is 0.0483. The van der Waals surface area contributed by atoms with Crippen molar-refractivity contribution in [2.24, 2.45) is 13.0 Å². The second-order valence-electron chi connectivity index (χ2n) is 8.00. The van der Waals surface area contributed by atoms with E-state index in [1.807, 2.05) is 4.90 Å². The van der Waals surface area contributed by atoms with Crippen LogP contribution in [0.15, 0.2) is 41.2 Å². The van der Waals surface area contributed by atoms with Gasteiger partial charge in [0.2, 0.25) is 5.95 Å². The minimum atomic E-state index is -0.712. The first-order chi connectivity index (χ1) is 15.3. The average Bonchev–Trinajstić information content (AvgIpc) is 3.21. The molecule has 1 aliphatic heterocycles. The zero-order chi connectivity index (χ0) is 23.0. The Hall–Kier alpha value is -3.73. The lowest BCUT2D eigenvalue weighted by Gasteiger charge is -2.22. The fourth-order valence-electron chi connectivity index (χ4n) is 4.03. The van der Waals surface area contributed by atoms with Crippen molar-refractivity contribution in [2.75, 3.05) is 25.1 Å². The van der Waals surface area contributed by atoms with Crippen molar-refractivity contribution in [3.8, 4) is 34.2 Å². The van der Waals surface area contributed by atoms with Gasteiger partial charge in [-0.15, -0.1) is 0 Å². The topological polar surface area (TPSA) is 71.2 Å². The Morgan fingerprint density at radius 3 is 2.47 bits per heavy atom. The third-order valence-electron chi connectivity index (χ3n) is 5.78. The fraction of sp³-hybridized carbons (Fsp3) is 0.292. The lowest BCUT2D eigenvalue weighted by Crippen LogP contribution is -2.31. The molecule has 0 radical (unpaired) electrons. The molecule has 0 bridgehead atoms. The molecule has 1 aromatic heterocycles. The van der Waals surface area contributed by atoms with Crippen molar-refractivity contribution in [3.63, 3.8) is 0 Å². The van der Waals surface area contributed by atoms with Gasteiger partial charge in [-0.25, -0.2) is 13.8 Å². The van der Waals surface area contributed by atoms with E-state index >= 15 is 0 Å². The number of nitrogens with zero attached hydrogens (tertiary/aromatic N) is 4. The molecule has 4 rings (SSSR count). The fourth-order valence-corrected chi connectivity index (χ4v) is 4.03. The van der Waals surface area contributed by atoms with Gasteiger partial charge < -0.3 is 9.64 Å². The molecule has 0 spiro atoms. The Bertz CT molecular complexity index is 1300. The molecule has 8 heteroatoms. The molecule has 2 aromatic carbocycles. The van der Waals surface area contributed by atoms with Crippen molar-refractivity contribution in [3.05, 3.63) is 63.9 Å². The highest BCUT2D eigenvalue weighted by atomic mass is 19.1. The van der Waals surface area contributed by atoms with Crippen LogP contribution in [0.3, 0.4) is 0 Å². The number of ether oxygens (including phenoxy) is 1. The highest BCUT2D eigenvalue weighted by Crippen LogP contribution is 2.33. The van der Waals surface area contributed by atoms with Crippen molar-refractivity contribution in [1.82, 2.24) is 9.55 Å². The third-order valence-corrected chi connectivity index (χ3v) is 5.78. The predicted molar refractivity (Wildman–Crippen MR) is 118 cm³/mol. The number of halogens is 2. The summed E-state index contributed by atoms with van der Waals surface area (Å²) < 4.78 is 35.3. The van der Waals surface area contributed by atoms with Gasteiger partial charge in [-0.3, -0.25) is 9.36 Å². The zero-order valence-electron chi connectivity index (χ0n) is 18.0. The summed E-state index contributed by atoms with van der Waals surface area (Å²) in [6.45, 7) is 3.63. The number of nitriles is 1. The van der Waals surface area contributed by atoms with Crippen molar-refractivity contribution in [1.29, 1.82) is 5.26 Å². The number of anilines is 1. The van der Waals surface area contributed by atoms with Crippen molar-refractivity contribution in [2.45, 2.75) is 13.3 Å². The summed E-state index contributed by atoms with van der Waals surface area (Å²) in [6.07, 6.45) is 0.974. The van der Waals surface area contributed by atoms with Gasteiger partial charge in [0.25, 0.3) is 5.56 Å². The number of aromatic nitrogens is 2. The van der Waals surface area contributed by atoms with E-state index in [4.69, 9.17) is 15.0 Å². The largest absolute Gasteiger partial charge is 0.494 e. The van der Waals surface area contributed by atoms with Gasteiger partial charge in [0, 0.05) is 25.7 Å². The Morgan fingerprint density at radius 2 is 1.88 bits per heavy atom. The summed E-state index contributed by atoms with van der Waals surface area (Å²) in [5.74, 6) is -0.362. The second-order valence-corrected chi connectivity index (χ2v) is 8.00. The molecule has 6 nitrogen and oxygen atoms in total. The van der Waals surface area contributed by atoms with Crippen LogP contribution in [0.1, 0.15) is 18.9 Å². The van der Waals surface area contributed by atoms with Crippen LogP contribution in [0, 0.1) is 28.9 Å². The molecule has 3 aromatic rings. The van der Waals surface area contributed by atoms with E-state index in [9.17, 15) is 13.6 Å². The van der Waals surface area contributed by atoms with E-state index in [0.717, 1.165) is 19.5 Å². The van der Waals surface area contributed by atoms with Gasteiger partial charge in [0.15, 0.2) is 11.6 Å². The molecule has 1 atom stereocenters. The number of hydrogen-bond donors (Lipinski definition) is 0. The number of methoxy groups -OCH3 is 1. The highest BCUT2D eigenvalue weighted by Gasteiger charge is 2.26. The van der Waals surface area contributed by atoms with Gasteiger partial charge >= 0.3 is 0 Å². The molecule has 32 heavy (non-hydrogen) atoms. The van der Waals surface area contributed by atoms with E-state index in [-0.39, 0.29) is 28.1 Å². The molecule has 0 amide bonds. The van der Waals surface area contributed by atoms with E-state index in [1.54, 1.807) is 25.2 Å². The lowest BCUT2D eigenvalue weighted by atomic mass is 9.99. The Balaban J connectivity index is 1.99. The number of benzene rings is 2. The van der Waals surface area contributed by atoms with Crippen molar-refractivity contribution < 1.29 is 13.5 Å². The second kappa shape index (κ2) is 8.42. The van der Waals surface area contributed by atoms with Crippen LogP contribution in [0.25, 0.3) is 22.4 Å². The molecular weight excluding hydrogens is 414 g/mol. The highest BCUT2D eigenvalue weighted by molar-refractivity contribution is 5.81. The van der Waals surface area contributed by atoms with E-state index in [1.165, 1.54) is 35.9 Å². The number of hydrogen-bond acceptors (Lipinski definition) is 5. The van der Waals surface area contributed by atoms with Gasteiger partial charge in [-0.2, -0.15) is 5.26 Å². The lowest BCUT2D eigenvalue weighted by molar-refractivity contribution is 0.386. The summed E-state index contributed by atoms with van der Waals surface area (Å²) in [4.78, 5) is 20.3. The Kier molecular flexibility index (Phi) is 5.66. The molecule has 1 aliphatic rings. The minimum Gasteiger partial charge on any atom is -0.494 e. The third kappa shape index (κ3) is 3.71. The van der Waals surface area contributed by atoms with Crippen molar-refractivity contribution >= 4 is 5.95 Å². The Morgan fingerprint density at radius 1 is 1.16 bits per heavy atom. The Labute approximate surface area is 184 Å². The van der Waals surface area contributed by atoms with E-state index in [2.05, 4.69) is 6.92 Å². The van der Waals surface area contributed by atoms with Gasteiger partial charge in [0.1, 0.15) is 11.9 Å². The van der Waals surface area contributed by atoms with Gasteiger partial charge in [-0.1, -0.05) is 19.1 Å². The summed E-state index contributed by atoms with van der Waals surface area (Å²) in [5, 5.41) is 9.07. The quantitative estimate of drug-likeness (QED) is 0.615. The first-order valence-electron chi connectivity index (χ1n) is 10.2. The zero-order valence-corrected chi connectivity index (χ0v) is 18.0. The molecule has 0 aliphatic carbocycles. The van der Waals surface area contributed by atoms with Gasteiger partial charge in [-0.05, 0) is 42.2 Å². The molecule has 1 saturated heterocycles. The van der Waals surface area contributed by atoms with Crippen LogP contribution in [-0.4, -0.2) is 29.8 Å². The van der Waals surface area contributed by atoms with E-state index < -0.39 is 11.6 Å². The SMILES string of the molecule is COc1ccc(-c2c(-c3ccc(C#N)c(F)c3)nc(N3CC[C@@H](C)C3)n(C)c2=O)cc1F. The first kappa shape index (κ1) is 21.5. The molecule has 2 heterocycles. The van der Waals surface area contributed by atoms with Crippen LogP contribution >= 0.6 is 0 Å². The smallest absolute Gasteiger partial charge is 0.263 e. The average molecular weight is 436 g/mol. The summed E-state index contributed by atoms with van der Waals surface area (Å²) in [5.41, 5.74) is 0.531.